The van der Waals surface area contributed by atoms with Crippen molar-refractivity contribution < 1.29 is 23.1 Å². The number of amides is 1. The van der Waals surface area contributed by atoms with Gasteiger partial charge in [-0.2, -0.15) is 13.2 Å². The van der Waals surface area contributed by atoms with E-state index in [4.69, 9.17) is 5.11 Å². The number of alkyl halides is 3. The van der Waals surface area contributed by atoms with E-state index in [-0.39, 0.29) is 30.3 Å². The molecule has 1 aliphatic carbocycles. The molecule has 0 saturated heterocycles. The van der Waals surface area contributed by atoms with Crippen LogP contribution in [0, 0.1) is 11.8 Å². The van der Waals surface area contributed by atoms with Crippen molar-refractivity contribution in [2.75, 3.05) is 13.2 Å². The van der Waals surface area contributed by atoms with Gasteiger partial charge in [0.2, 0.25) is 5.91 Å². The van der Waals surface area contributed by atoms with E-state index in [0.717, 1.165) is 12.1 Å². The molecule has 0 radical (unpaired) electrons. The molecule has 1 aromatic rings. The fraction of sp³-hybridized carbons (Fsp3) is 0.533. The number of aliphatic hydroxyl groups excluding tert-OH is 1. The summed E-state index contributed by atoms with van der Waals surface area (Å²) < 4.78 is 38.0. The van der Waals surface area contributed by atoms with E-state index in [0.29, 0.717) is 18.5 Å². The third-order valence-corrected chi connectivity index (χ3v) is 3.71. The van der Waals surface area contributed by atoms with Gasteiger partial charge in [-0.1, -0.05) is 25.1 Å². The molecule has 1 aliphatic rings. The lowest BCUT2D eigenvalue weighted by Crippen LogP contribution is -2.31. The monoisotopic (exact) mass is 301 g/mol. The highest BCUT2D eigenvalue weighted by Gasteiger charge is 2.44. The predicted octanol–water partition coefficient (Wildman–Crippen LogP) is 2.55. The summed E-state index contributed by atoms with van der Waals surface area (Å²) in [5, 5.41) is 11.6. The second-order valence-electron chi connectivity index (χ2n) is 5.60. The Labute approximate surface area is 121 Å². The van der Waals surface area contributed by atoms with Gasteiger partial charge in [0.1, 0.15) is 0 Å². The third-order valence-electron chi connectivity index (χ3n) is 3.71. The zero-order chi connectivity index (χ0) is 15.6. The maximum absolute atomic E-state index is 12.7. The van der Waals surface area contributed by atoms with E-state index in [2.05, 4.69) is 5.32 Å². The Morgan fingerprint density at radius 3 is 2.81 bits per heavy atom. The summed E-state index contributed by atoms with van der Waals surface area (Å²) in [7, 11) is 0. The summed E-state index contributed by atoms with van der Waals surface area (Å²) >= 11 is 0. The van der Waals surface area contributed by atoms with Gasteiger partial charge in [-0.25, -0.2) is 0 Å². The van der Waals surface area contributed by atoms with Crippen molar-refractivity contribution in [2.24, 2.45) is 11.8 Å². The Bertz CT molecular complexity index is 516. The topological polar surface area (TPSA) is 49.3 Å². The predicted molar refractivity (Wildman–Crippen MR) is 71.6 cm³/mol. The smallest absolute Gasteiger partial charge is 0.396 e. The summed E-state index contributed by atoms with van der Waals surface area (Å²) in [5.41, 5.74) is -0.125. The van der Waals surface area contributed by atoms with E-state index in [1.54, 1.807) is 13.0 Å². The molecule has 0 spiro atoms. The van der Waals surface area contributed by atoms with Gasteiger partial charge in [-0.15, -0.1) is 0 Å². The van der Waals surface area contributed by atoms with Gasteiger partial charge in [0.15, 0.2) is 0 Å². The van der Waals surface area contributed by atoms with E-state index in [1.165, 1.54) is 6.07 Å². The van der Waals surface area contributed by atoms with Gasteiger partial charge in [-0.3, -0.25) is 4.79 Å². The SMILES string of the molecule is CC(CO)CNC(=O)C1CC1c1cccc(C(F)(F)F)c1. The highest BCUT2D eigenvalue weighted by atomic mass is 19.4. The van der Waals surface area contributed by atoms with E-state index in [9.17, 15) is 18.0 Å². The van der Waals surface area contributed by atoms with Crippen molar-refractivity contribution in [2.45, 2.75) is 25.4 Å². The van der Waals surface area contributed by atoms with E-state index >= 15 is 0 Å². The van der Waals surface area contributed by atoms with E-state index in [1.807, 2.05) is 0 Å². The van der Waals surface area contributed by atoms with Crippen LogP contribution in [0.2, 0.25) is 0 Å². The number of carbonyl (C=O) groups is 1. The Balaban J connectivity index is 1.95. The van der Waals surface area contributed by atoms with Crippen LogP contribution in [-0.4, -0.2) is 24.2 Å². The molecule has 1 fully saturated rings. The van der Waals surface area contributed by atoms with Gasteiger partial charge in [0.25, 0.3) is 0 Å². The molecule has 0 aromatic heterocycles. The molecular weight excluding hydrogens is 283 g/mol. The van der Waals surface area contributed by atoms with Gasteiger partial charge < -0.3 is 10.4 Å². The quantitative estimate of drug-likeness (QED) is 0.878. The van der Waals surface area contributed by atoms with Gasteiger partial charge in [0.05, 0.1) is 5.56 Å². The number of hydrogen-bond acceptors (Lipinski definition) is 2. The number of nitrogens with one attached hydrogen (secondary N) is 1. The van der Waals surface area contributed by atoms with Crippen molar-refractivity contribution in [1.82, 2.24) is 5.32 Å². The van der Waals surface area contributed by atoms with Gasteiger partial charge in [-0.05, 0) is 29.9 Å². The lowest BCUT2D eigenvalue weighted by Gasteiger charge is -2.10. The maximum atomic E-state index is 12.7. The lowest BCUT2D eigenvalue weighted by atomic mass is 10.1. The molecule has 3 unspecified atom stereocenters. The maximum Gasteiger partial charge on any atom is 0.416 e. The van der Waals surface area contributed by atoms with Crippen LogP contribution < -0.4 is 5.32 Å². The zero-order valence-corrected chi connectivity index (χ0v) is 11.7. The number of benzene rings is 1. The number of hydrogen-bond donors (Lipinski definition) is 2. The summed E-state index contributed by atoms with van der Waals surface area (Å²) in [4.78, 5) is 11.9. The average Bonchev–Trinajstić information content (AvgIpc) is 3.24. The van der Waals surface area contributed by atoms with Crippen LogP contribution in [0.3, 0.4) is 0 Å². The first-order valence-corrected chi connectivity index (χ1v) is 6.88. The molecule has 2 rings (SSSR count). The fourth-order valence-corrected chi connectivity index (χ4v) is 2.27. The van der Waals surface area contributed by atoms with Crippen LogP contribution in [0.4, 0.5) is 13.2 Å². The van der Waals surface area contributed by atoms with Crippen LogP contribution in [0.15, 0.2) is 24.3 Å². The third kappa shape index (κ3) is 3.97. The minimum Gasteiger partial charge on any atom is -0.396 e. The molecule has 3 nitrogen and oxygen atoms in total. The first-order chi connectivity index (χ1) is 9.82. The first kappa shape index (κ1) is 15.8. The number of rotatable bonds is 5. The average molecular weight is 301 g/mol. The molecule has 1 amide bonds. The summed E-state index contributed by atoms with van der Waals surface area (Å²) in [6.45, 7) is 2.17. The summed E-state index contributed by atoms with van der Waals surface area (Å²) in [6.07, 6.45) is -3.79. The van der Waals surface area contributed by atoms with Crippen LogP contribution >= 0.6 is 0 Å². The zero-order valence-electron chi connectivity index (χ0n) is 11.7. The minimum atomic E-state index is -4.36. The van der Waals surface area contributed by atoms with Crippen molar-refractivity contribution >= 4 is 5.91 Å². The fourth-order valence-electron chi connectivity index (χ4n) is 2.27. The molecule has 6 heteroatoms. The molecule has 1 aromatic carbocycles. The van der Waals surface area contributed by atoms with Crippen LogP contribution in [-0.2, 0) is 11.0 Å². The molecule has 0 bridgehead atoms. The lowest BCUT2D eigenvalue weighted by molar-refractivity contribution is -0.137. The Morgan fingerprint density at radius 2 is 2.19 bits per heavy atom. The van der Waals surface area contributed by atoms with Crippen molar-refractivity contribution in [3.63, 3.8) is 0 Å². The first-order valence-electron chi connectivity index (χ1n) is 6.88. The Morgan fingerprint density at radius 1 is 1.48 bits per heavy atom. The summed E-state index contributed by atoms with van der Waals surface area (Å²) in [6, 6.07) is 5.15. The molecular formula is C15H18F3NO2. The second kappa shape index (κ2) is 6.05. The van der Waals surface area contributed by atoms with Crippen molar-refractivity contribution in [3.05, 3.63) is 35.4 Å². The standard InChI is InChI=1S/C15H18F3NO2/c1-9(8-20)7-19-14(21)13-6-12(13)10-3-2-4-11(5-10)15(16,17)18/h2-5,9,12-13,20H,6-8H2,1H3,(H,19,21). The Kier molecular flexibility index (Phi) is 4.56. The molecule has 0 heterocycles. The molecule has 21 heavy (non-hydrogen) atoms. The number of carbonyl (C=O) groups excluding carboxylic acids is 1. The highest BCUT2D eigenvalue weighted by molar-refractivity contribution is 5.82. The number of halogens is 3. The Hall–Kier alpha value is -1.56. The van der Waals surface area contributed by atoms with Crippen molar-refractivity contribution in [3.8, 4) is 0 Å². The van der Waals surface area contributed by atoms with E-state index < -0.39 is 11.7 Å². The second-order valence-corrected chi connectivity index (χ2v) is 5.60. The normalized spacial score (nSPS) is 22.7. The van der Waals surface area contributed by atoms with Crippen LogP contribution in [0.1, 0.15) is 30.4 Å². The molecule has 116 valence electrons. The van der Waals surface area contributed by atoms with Gasteiger partial charge in [0, 0.05) is 19.1 Å². The number of aliphatic hydroxyl groups is 1. The molecule has 2 N–H and O–H groups in total. The van der Waals surface area contributed by atoms with Crippen LogP contribution in [0.25, 0.3) is 0 Å². The van der Waals surface area contributed by atoms with Crippen LogP contribution in [0.5, 0.6) is 0 Å². The summed E-state index contributed by atoms with van der Waals surface area (Å²) in [5.74, 6) is -0.589. The molecule has 1 saturated carbocycles. The molecule has 3 atom stereocenters. The van der Waals surface area contributed by atoms with Gasteiger partial charge >= 0.3 is 6.18 Å². The van der Waals surface area contributed by atoms with Crippen molar-refractivity contribution in [1.29, 1.82) is 0 Å². The molecule has 0 aliphatic heterocycles. The minimum absolute atomic E-state index is 0.0119. The highest BCUT2D eigenvalue weighted by Crippen LogP contribution is 2.48. The largest absolute Gasteiger partial charge is 0.416 e.